The lowest BCUT2D eigenvalue weighted by Crippen LogP contribution is -2.46. The zero-order chi connectivity index (χ0) is 13.8. The van der Waals surface area contributed by atoms with E-state index in [2.05, 4.69) is 0 Å². The minimum Gasteiger partial charge on any atom is -0.378 e. The van der Waals surface area contributed by atoms with Gasteiger partial charge in [-0.25, -0.2) is 0 Å². The van der Waals surface area contributed by atoms with Crippen molar-refractivity contribution in [1.82, 2.24) is 4.90 Å². The van der Waals surface area contributed by atoms with Crippen LogP contribution in [0.3, 0.4) is 0 Å². The number of ether oxygens (including phenoxy) is 1. The van der Waals surface area contributed by atoms with Crippen LogP contribution in [0.4, 0.5) is 0 Å². The Labute approximate surface area is 110 Å². The van der Waals surface area contributed by atoms with Gasteiger partial charge in [0.1, 0.15) is 5.78 Å². The Hall–Kier alpha value is -0.900. The van der Waals surface area contributed by atoms with E-state index in [4.69, 9.17) is 4.74 Å². The normalized spacial score (nSPS) is 20.9. The molecule has 1 aliphatic heterocycles. The first-order chi connectivity index (χ1) is 8.35. The second-order valence-corrected chi connectivity index (χ2v) is 5.78. The fourth-order valence-corrected chi connectivity index (χ4v) is 2.41. The van der Waals surface area contributed by atoms with Crippen molar-refractivity contribution in [3.63, 3.8) is 0 Å². The molecule has 1 aliphatic rings. The molecule has 0 radical (unpaired) electrons. The summed E-state index contributed by atoms with van der Waals surface area (Å²) in [5, 5.41) is 0. The highest BCUT2D eigenvalue weighted by Gasteiger charge is 2.31. The van der Waals surface area contributed by atoms with Gasteiger partial charge >= 0.3 is 0 Å². The van der Waals surface area contributed by atoms with Crippen molar-refractivity contribution in [2.24, 2.45) is 0 Å². The molecule has 1 unspecified atom stereocenters. The van der Waals surface area contributed by atoms with Gasteiger partial charge in [-0.05, 0) is 40.0 Å². The molecule has 1 saturated heterocycles. The summed E-state index contributed by atoms with van der Waals surface area (Å²) in [7, 11) is 1.62. The molecular formula is C14H25NO3. The molecule has 0 aromatic rings. The zero-order valence-electron chi connectivity index (χ0n) is 12.0. The minimum atomic E-state index is -0.435. The minimum absolute atomic E-state index is 0.0939. The molecule has 1 heterocycles. The van der Waals surface area contributed by atoms with Crippen molar-refractivity contribution in [1.29, 1.82) is 0 Å². The Morgan fingerprint density at radius 1 is 1.33 bits per heavy atom. The lowest BCUT2D eigenvalue weighted by Gasteiger charge is -2.37. The highest BCUT2D eigenvalue weighted by atomic mass is 16.5. The van der Waals surface area contributed by atoms with Gasteiger partial charge in [0.15, 0.2) is 0 Å². The van der Waals surface area contributed by atoms with Gasteiger partial charge in [0.05, 0.1) is 12.0 Å². The van der Waals surface area contributed by atoms with Crippen LogP contribution in [0.1, 0.15) is 52.9 Å². The summed E-state index contributed by atoms with van der Waals surface area (Å²) < 4.78 is 5.30. The van der Waals surface area contributed by atoms with E-state index in [0.717, 1.165) is 25.8 Å². The van der Waals surface area contributed by atoms with Crippen molar-refractivity contribution in [2.75, 3.05) is 13.7 Å². The molecule has 0 aliphatic carbocycles. The first-order valence-electron chi connectivity index (χ1n) is 6.70. The van der Waals surface area contributed by atoms with Crippen LogP contribution >= 0.6 is 0 Å². The molecular weight excluding hydrogens is 230 g/mol. The number of carbonyl (C=O) groups is 2. The maximum Gasteiger partial charge on any atom is 0.225 e. The molecule has 1 rings (SSSR count). The van der Waals surface area contributed by atoms with Gasteiger partial charge in [0.25, 0.3) is 0 Å². The average Bonchev–Trinajstić information content (AvgIpc) is 2.28. The number of Topliss-reactive ketones (excluding diaryl/α,β-unsaturated/α-hetero) is 1. The van der Waals surface area contributed by atoms with Crippen molar-refractivity contribution in [3.8, 4) is 0 Å². The molecule has 0 bridgehead atoms. The molecule has 0 N–H and O–H groups in total. The van der Waals surface area contributed by atoms with E-state index in [1.54, 1.807) is 14.0 Å². The second kappa shape index (κ2) is 6.32. The van der Waals surface area contributed by atoms with E-state index in [0.29, 0.717) is 12.8 Å². The van der Waals surface area contributed by atoms with E-state index < -0.39 is 5.60 Å². The van der Waals surface area contributed by atoms with Crippen LogP contribution in [0.25, 0.3) is 0 Å². The number of hydrogen-bond acceptors (Lipinski definition) is 3. The predicted molar refractivity (Wildman–Crippen MR) is 70.4 cm³/mol. The van der Waals surface area contributed by atoms with Crippen LogP contribution in [0.5, 0.6) is 0 Å². The Morgan fingerprint density at radius 2 is 2.00 bits per heavy atom. The fraction of sp³-hybridized carbons (Fsp3) is 0.857. The SMILES string of the molecule is COC(C)(C)CC(=O)N1CCCCC1CC(C)=O. The number of ketones is 1. The predicted octanol–water partition coefficient (Wildman–Crippen LogP) is 2.16. The van der Waals surface area contributed by atoms with Gasteiger partial charge in [0.2, 0.25) is 5.91 Å². The summed E-state index contributed by atoms with van der Waals surface area (Å²) in [6.45, 7) is 6.19. The quantitative estimate of drug-likeness (QED) is 0.756. The van der Waals surface area contributed by atoms with E-state index >= 15 is 0 Å². The summed E-state index contributed by atoms with van der Waals surface area (Å²) >= 11 is 0. The van der Waals surface area contributed by atoms with Gasteiger partial charge in [-0.15, -0.1) is 0 Å². The van der Waals surface area contributed by atoms with Crippen molar-refractivity contribution < 1.29 is 14.3 Å². The highest BCUT2D eigenvalue weighted by molar-refractivity contribution is 5.80. The number of piperidine rings is 1. The third-order valence-electron chi connectivity index (χ3n) is 3.60. The van der Waals surface area contributed by atoms with Crippen molar-refractivity contribution in [2.45, 2.75) is 64.5 Å². The molecule has 1 atom stereocenters. The zero-order valence-corrected chi connectivity index (χ0v) is 12.0. The van der Waals surface area contributed by atoms with Gasteiger partial charge in [0, 0.05) is 26.1 Å². The molecule has 1 fully saturated rings. The van der Waals surface area contributed by atoms with Crippen LogP contribution in [-0.4, -0.2) is 41.9 Å². The van der Waals surface area contributed by atoms with E-state index in [1.807, 2.05) is 18.7 Å². The standard InChI is InChI=1S/C14H25NO3/c1-11(16)9-12-7-5-6-8-15(12)13(17)10-14(2,3)18-4/h12H,5-10H2,1-4H3. The van der Waals surface area contributed by atoms with Gasteiger partial charge in [-0.3, -0.25) is 9.59 Å². The molecule has 0 saturated carbocycles. The maximum absolute atomic E-state index is 12.3. The lowest BCUT2D eigenvalue weighted by atomic mass is 9.95. The topological polar surface area (TPSA) is 46.6 Å². The Kier molecular flexibility index (Phi) is 5.32. The molecule has 0 aromatic carbocycles. The second-order valence-electron chi connectivity index (χ2n) is 5.78. The number of hydrogen-bond donors (Lipinski definition) is 0. The molecule has 0 spiro atoms. The number of nitrogens with zero attached hydrogens (tertiary/aromatic N) is 1. The first kappa shape index (κ1) is 15.2. The van der Waals surface area contributed by atoms with Crippen LogP contribution in [-0.2, 0) is 14.3 Å². The number of amides is 1. The van der Waals surface area contributed by atoms with Crippen LogP contribution in [0.15, 0.2) is 0 Å². The van der Waals surface area contributed by atoms with Gasteiger partial charge < -0.3 is 9.64 Å². The number of rotatable bonds is 5. The smallest absolute Gasteiger partial charge is 0.225 e. The molecule has 4 heteroatoms. The largest absolute Gasteiger partial charge is 0.378 e. The van der Waals surface area contributed by atoms with Gasteiger partial charge in [-0.2, -0.15) is 0 Å². The van der Waals surface area contributed by atoms with Crippen LogP contribution < -0.4 is 0 Å². The van der Waals surface area contributed by atoms with Crippen LogP contribution in [0, 0.1) is 0 Å². The molecule has 1 amide bonds. The summed E-state index contributed by atoms with van der Waals surface area (Å²) in [4.78, 5) is 25.4. The fourth-order valence-electron chi connectivity index (χ4n) is 2.41. The molecule has 4 nitrogen and oxygen atoms in total. The number of methoxy groups -OCH3 is 1. The van der Waals surface area contributed by atoms with Gasteiger partial charge in [-0.1, -0.05) is 0 Å². The Balaban J connectivity index is 2.65. The number of likely N-dealkylation sites (tertiary alicyclic amines) is 1. The third kappa shape index (κ3) is 4.41. The number of carbonyl (C=O) groups excluding carboxylic acids is 2. The summed E-state index contributed by atoms with van der Waals surface area (Å²) in [5.74, 6) is 0.263. The maximum atomic E-state index is 12.3. The van der Waals surface area contributed by atoms with E-state index in [1.165, 1.54) is 0 Å². The van der Waals surface area contributed by atoms with E-state index in [9.17, 15) is 9.59 Å². The van der Waals surface area contributed by atoms with Crippen LogP contribution in [0.2, 0.25) is 0 Å². The highest BCUT2D eigenvalue weighted by Crippen LogP contribution is 2.23. The molecule has 104 valence electrons. The summed E-state index contributed by atoms with van der Waals surface area (Å²) in [6, 6.07) is 0.0939. The Bertz CT molecular complexity index is 312. The third-order valence-corrected chi connectivity index (χ3v) is 3.60. The molecule has 18 heavy (non-hydrogen) atoms. The average molecular weight is 255 g/mol. The van der Waals surface area contributed by atoms with Crippen molar-refractivity contribution in [3.05, 3.63) is 0 Å². The molecule has 0 aromatic heterocycles. The Morgan fingerprint density at radius 3 is 2.56 bits per heavy atom. The summed E-state index contributed by atoms with van der Waals surface area (Å²) in [5.41, 5.74) is -0.435. The first-order valence-corrected chi connectivity index (χ1v) is 6.70. The van der Waals surface area contributed by atoms with E-state index in [-0.39, 0.29) is 17.7 Å². The monoisotopic (exact) mass is 255 g/mol. The lowest BCUT2D eigenvalue weighted by molar-refractivity contribution is -0.140. The van der Waals surface area contributed by atoms with Crippen molar-refractivity contribution >= 4 is 11.7 Å². The summed E-state index contributed by atoms with van der Waals surface area (Å²) in [6.07, 6.45) is 3.94.